The van der Waals surface area contributed by atoms with Crippen molar-refractivity contribution in [3.8, 4) is 0 Å². The summed E-state index contributed by atoms with van der Waals surface area (Å²) in [4.78, 5) is 10.3. The van der Waals surface area contributed by atoms with E-state index in [4.69, 9.17) is 5.73 Å². The van der Waals surface area contributed by atoms with Gasteiger partial charge in [-0.25, -0.2) is 13.1 Å². The number of carbonyl (C=O) groups is 1. The van der Waals surface area contributed by atoms with Crippen molar-refractivity contribution in [1.29, 1.82) is 0 Å². The van der Waals surface area contributed by atoms with E-state index in [-0.39, 0.29) is 18.5 Å². The van der Waals surface area contributed by atoms with Gasteiger partial charge in [-0.2, -0.15) is 13.2 Å². The van der Waals surface area contributed by atoms with Gasteiger partial charge in [-0.3, -0.25) is 4.79 Å². The zero-order valence-electron chi connectivity index (χ0n) is 15.5. The predicted molar refractivity (Wildman–Crippen MR) is 102 cm³/mol. The monoisotopic (exact) mass is 426 g/mol. The van der Waals surface area contributed by atoms with E-state index in [1.807, 2.05) is 18.2 Å². The molecule has 1 atom stereocenters. The molecule has 0 spiro atoms. The lowest BCUT2D eigenvalue weighted by molar-refractivity contribution is -0.138. The fourth-order valence-electron chi connectivity index (χ4n) is 3.72. The Bertz CT molecular complexity index is 1020. The third-order valence-corrected chi connectivity index (χ3v) is 6.51. The van der Waals surface area contributed by atoms with Crippen molar-refractivity contribution in [1.82, 2.24) is 4.72 Å². The van der Waals surface area contributed by atoms with Crippen molar-refractivity contribution in [2.45, 2.75) is 42.7 Å². The number of halogens is 3. The number of aryl methyl sites for hydroxylation is 1. The Morgan fingerprint density at radius 2 is 1.86 bits per heavy atom. The van der Waals surface area contributed by atoms with E-state index in [0.29, 0.717) is 12.5 Å². The summed E-state index contributed by atoms with van der Waals surface area (Å²) in [5, 5.41) is 0. The van der Waals surface area contributed by atoms with Crippen molar-refractivity contribution < 1.29 is 26.4 Å². The van der Waals surface area contributed by atoms with Crippen LogP contribution < -0.4 is 10.5 Å². The minimum absolute atomic E-state index is 0.0701. The minimum atomic E-state index is -4.71. The van der Waals surface area contributed by atoms with Crippen molar-refractivity contribution >= 4 is 15.9 Å². The molecule has 2 aromatic rings. The van der Waals surface area contributed by atoms with Crippen LogP contribution in [0.15, 0.2) is 47.4 Å². The highest BCUT2D eigenvalue weighted by molar-refractivity contribution is 7.89. The predicted octanol–water partition coefficient (Wildman–Crippen LogP) is 3.33. The van der Waals surface area contributed by atoms with E-state index >= 15 is 0 Å². The van der Waals surface area contributed by atoms with Crippen LogP contribution in [0.1, 0.15) is 47.4 Å². The van der Waals surface area contributed by atoms with Crippen LogP contribution in [0.25, 0.3) is 0 Å². The normalized spacial score (nSPS) is 17.0. The van der Waals surface area contributed by atoms with Gasteiger partial charge in [0.1, 0.15) is 0 Å². The lowest BCUT2D eigenvalue weighted by Gasteiger charge is -2.28. The van der Waals surface area contributed by atoms with Gasteiger partial charge in [0.15, 0.2) is 0 Å². The Labute approximate surface area is 167 Å². The number of nitrogens with two attached hydrogens (primary N) is 1. The molecule has 0 saturated carbocycles. The van der Waals surface area contributed by atoms with Gasteiger partial charge < -0.3 is 5.73 Å². The van der Waals surface area contributed by atoms with E-state index < -0.39 is 38.5 Å². The number of carbonyl (C=O) groups excluding carboxylic acids is 1. The first-order chi connectivity index (χ1) is 13.6. The highest BCUT2D eigenvalue weighted by Gasteiger charge is 2.37. The quantitative estimate of drug-likeness (QED) is 0.743. The Balaban J connectivity index is 2.02. The number of fused-ring (bicyclic) bond motifs is 1. The van der Waals surface area contributed by atoms with Crippen molar-refractivity contribution in [2.24, 2.45) is 5.73 Å². The first-order valence-corrected chi connectivity index (χ1v) is 10.6. The number of nitrogens with one attached hydrogen (secondary N) is 1. The molecule has 1 amide bonds. The molecule has 0 radical (unpaired) electrons. The molecule has 5 nitrogen and oxygen atoms in total. The Kier molecular flexibility index (Phi) is 6.00. The third kappa shape index (κ3) is 4.79. The number of alkyl halides is 3. The summed E-state index contributed by atoms with van der Waals surface area (Å²) in [6.45, 7) is -0.281. The average molecular weight is 426 g/mol. The molecule has 1 aliphatic rings. The van der Waals surface area contributed by atoms with Gasteiger partial charge in [0, 0.05) is 18.9 Å². The molecule has 0 fully saturated rings. The SMILES string of the molecule is NC(=O)CCNS(=O)(=O)c1ccc(C2CCCc3ccccc32)c(C(F)(F)F)c1. The molecule has 2 aromatic carbocycles. The number of benzene rings is 2. The van der Waals surface area contributed by atoms with Crippen LogP contribution >= 0.6 is 0 Å². The summed E-state index contributed by atoms with van der Waals surface area (Å²) >= 11 is 0. The minimum Gasteiger partial charge on any atom is -0.370 e. The summed E-state index contributed by atoms with van der Waals surface area (Å²) in [7, 11) is -4.20. The fraction of sp³-hybridized carbons (Fsp3) is 0.350. The average Bonchev–Trinajstić information content (AvgIpc) is 2.66. The zero-order valence-corrected chi connectivity index (χ0v) is 16.3. The molecule has 156 valence electrons. The molecular formula is C20H21F3N2O3S. The molecule has 0 aliphatic heterocycles. The Hall–Kier alpha value is -2.39. The molecule has 0 aromatic heterocycles. The van der Waals surface area contributed by atoms with Gasteiger partial charge in [0.2, 0.25) is 15.9 Å². The summed E-state index contributed by atoms with van der Waals surface area (Å²) in [5.41, 5.74) is 5.93. The van der Waals surface area contributed by atoms with E-state index in [9.17, 15) is 26.4 Å². The van der Waals surface area contributed by atoms with Crippen LogP contribution in [0.5, 0.6) is 0 Å². The maximum atomic E-state index is 13.8. The molecule has 3 N–H and O–H groups in total. The number of sulfonamides is 1. The number of hydrogen-bond acceptors (Lipinski definition) is 3. The molecule has 0 bridgehead atoms. The largest absolute Gasteiger partial charge is 0.416 e. The molecule has 0 heterocycles. The van der Waals surface area contributed by atoms with Crippen molar-refractivity contribution in [3.05, 3.63) is 64.7 Å². The van der Waals surface area contributed by atoms with Crippen LogP contribution in [0.2, 0.25) is 0 Å². The van der Waals surface area contributed by atoms with Crippen molar-refractivity contribution in [3.63, 3.8) is 0 Å². The van der Waals surface area contributed by atoms with Gasteiger partial charge in [0.25, 0.3) is 0 Å². The first-order valence-electron chi connectivity index (χ1n) is 9.16. The smallest absolute Gasteiger partial charge is 0.370 e. The van der Waals surface area contributed by atoms with Crippen molar-refractivity contribution in [2.75, 3.05) is 6.54 Å². The summed E-state index contributed by atoms with van der Waals surface area (Å²) in [5.74, 6) is -1.16. The third-order valence-electron chi connectivity index (χ3n) is 5.05. The number of rotatable bonds is 6. The number of hydrogen-bond donors (Lipinski definition) is 2. The van der Waals surface area contributed by atoms with Crippen LogP contribution in [0.4, 0.5) is 13.2 Å². The summed E-state index contributed by atoms with van der Waals surface area (Å²) in [6, 6.07) is 10.5. The number of amides is 1. The van der Waals surface area contributed by atoms with Gasteiger partial charge in [-0.15, -0.1) is 0 Å². The molecule has 0 saturated heterocycles. The lowest BCUT2D eigenvalue weighted by Crippen LogP contribution is -2.28. The first kappa shape index (κ1) is 21.3. The summed E-state index contributed by atoms with van der Waals surface area (Å²) < 4.78 is 68.3. The Morgan fingerprint density at radius 1 is 1.14 bits per heavy atom. The van der Waals surface area contributed by atoms with Crippen LogP contribution in [-0.4, -0.2) is 20.9 Å². The van der Waals surface area contributed by atoms with Crippen LogP contribution in [-0.2, 0) is 27.4 Å². The maximum absolute atomic E-state index is 13.8. The van der Waals surface area contributed by atoms with Crippen LogP contribution in [0, 0.1) is 0 Å². The molecule has 9 heteroatoms. The second kappa shape index (κ2) is 8.16. The topological polar surface area (TPSA) is 89.3 Å². The summed E-state index contributed by atoms with van der Waals surface area (Å²) in [6.07, 6.45) is -2.83. The number of primary amides is 1. The fourth-order valence-corrected chi connectivity index (χ4v) is 4.78. The lowest BCUT2D eigenvalue weighted by atomic mass is 9.77. The highest BCUT2D eigenvalue weighted by atomic mass is 32.2. The Morgan fingerprint density at radius 3 is 2.55 bits per heavy atom. The standard InChI is InChI=1S/C20H21F3N2O3S/c21-20(22,23)18-12-14(29(27,28)25-11-10-19(24)26)8-9-17(18)16-7-3-5-13-4-1-2-6-15(13)16/h1-2,4,6,8-9,12,16,25H,3,5,7,10-11H2,(H2,24,26). The van der Waals surface area contributed by atoms with Gasteiger partial charge in [-0.1, -0.05) is 30.3 Å². The molecule has 1 aliphatic carbocycles. The van der Waals surface area contributed by atoms with E-state index in [1.54, 1.807) is 6.07 Å². The highest BCUT2D eigenvalue weighted by Crippen LogP contribution is 2.43. The van der Waals surface area contributed by atoms with E-state index in [0.717, 1.165) is 24.0 Å². The van der Waals surface area contributed by atoms with Gasteiger partial charge in [0.05, 0.1) is 10.5 Å². The molecular weight excluding hydrogens is 405 g/mol. The van der Waals surface area contributed by atoms with E-state index in [1.165, 1.54) is 12.1 Å². The molecule has 3 rings (SSSR count). The molecule has 1 unspecified atom stereocenters. The van der Waals surface area contributed by atoms with Gasteiger partial charge in [-0.05, 0) is 48.1 Å². The molecule has 29 heavy (non-hydrogen) atoms. The second-order valence-corrected chi connectivity index (χ2v) is 8.77. The zero-order chi connectivity index (χ0) is 21.2. The maximum Gasteiger partial charge on any atom is 0.416 e. The van der Waals surface area contributed by atoms with Gasteiger partial charge >= 0.3 is 6.18 Å². The van der Waals surface area contributed by atoms with E-state index in [2.05, 4.69) is 4.72 Å². The second-order valence-electron chi connectivity index (χ2n) is 7.00. The van der Waals surface area contributed by atoms with Crippen LogP contribution in [0.3, 0.4) is 0 Å².